The topological polar surface area (TPSA) is 49.4 Å². The lowest BCUT2D eigenvalue weighted by Gasteiger charge is -2.28. The normalized spacial score (nSPS) is 10.6. The summed E-state index contributed by atoms with van der Waals surface area (Å²) < 4.78 is 5.70. The zero-order chi connectivity index (χ0) is 22.8. The van der Waals surface area contributed by atoms with Gasteiger partial charge in [0.15, 0.2) is 11.1 Å². The predicted molar refractivity (Wildman–Crippen MR) is 133 cm³/mol. The second-order valence-corrected chi connectivity index (χ2v) is 10.4. The second kappa shape index (κ2) is 11.4. The van der Waals surface area contributed by atoms with Crippen LogP contribution in [-0.2, 0) is 4.79 Å². The van der Waals surface area contributed by atoms with Gasteiger partial charge in [-0.05, 0) is 48.5 Å². The standard InChI is InChI=1S/C26H22O2P.C2H5O/c1-21(27)28-25-19-11-12-20-26(25)29(22-13-5-2-6-14-22,23-15-7-3-8-16-23)24-17-9-4-10-18-24;1-2-3/h2-20H,1H3;2H2,1H3/q+1;-1. The summed E-state index contributed by atoms with van der Waals surface area (Å²) in [5.74, 6) is 0.301. The Morgan fingerprint density at radius 2 is 1.03 bits per heavy atom. The molecule has 0 saturated heterocycles. The minimum absolute atomic E-state index is 0. The van der Waals surface area contributed by atoms with E-state index in [2.05, 4.69) is 78.9 Å². The Morgan fingerprint density at radius 3 is 1.41 bits per heavy atom. The van der Waals surface area contributed by atoms with Crippen molar-refractivity contribution in [2.75, 3.05) is 6.61 Å². The third kappa shape index (κ3) is 4.96. The zero-order valence-electron chi connectivity index (χ0n) is 18.3. The van der Waals surface area contributed by atoms with Gasteiger partial charge in [0.1, 0.15) is 23.2 Å². The lowest BCUT2D eigenvalue weighted by atomic mass is 10.3. The van der Waals surface area contributed by atoms with E-state index in [1.54, 1.807) is 6.92 Å². The molecule has 0 unspecified atom stereocenters. The monoisotopic (exact) mass is 442 g/mol. The highest BCUT2D eigenvalue weighted by Gasteiger charge is 2.49. The summed E-state index contributed by atoms with van der Waals surface area (Å²) >= 11 is 0. The number of ether oxygens (including phenoxy) is 1. The minimum atomic E-state index is -2.28. The fourth-order valence-electron chi connectivity index (χ4n) is 3.79. The van der Waals surface area contributed by atoms with Gasteiger partial charge in [0, 0.05) is 6.92 Å². The number of esters is 1. The summed E-state index contributed by atoms with van der Waals surface area (Å²) in [5, 5.41) is 13.6. The van der Waals surface area contributed by atoms with E-state index in [1.807, 2.05) is 36.4 Å². The molecule has 0 aliphatic rings. The molecule has 4 heteroatoms. The minimum Gasteiger partial charge on any atom is -0.855 e. The van der Waals surface area contributed by atoms with Gasteiger partial charge in [0.25, 0.3) is 0 Å². The number of rotatable bonds is 5. The first-order chi connectivity index (χ1) is 15.6. The number of carbonyl (C=O) groups excluding carboxylic acids is 1. The van der Waals surface area contributed by atoms with E-state index in [4.69, 9.17) is 9.84 Å². The molecule has 4 rings (SSSR count). The van der Waals surface area contributed by atoms with Crippen LogP contribution >= 0.6 is 7.26 Å². The van der Waals surface area contributed by atoms with E-state index in [0.29, 0.717) is 5.75 Å². The average Bonchev–Trinajstić information content (AvgIpc) is 2.83. The van der Waals surface area contributed by atoms with Gasteiger partial charge in [0.05, 0.1) is 0 Å². The zero-order valence-corrected chi connectivity index (χ0v) is 19.2. The number of hydrogen-bond donors (Lipinski definition) is 0. The second-order valence-electron chi connectivity index (χ2n) is 7.03. The molecule has 0 radical (unpaired) electrons. The van der Waals surface area contributed by atoms with E-state index in [1.165, 1.54) is 22.8 Å². The van der Waals surface area contributed by atoms with Gasteiger partial charge in [0.2, 0.25) is 0 Å². The van der Waals surface area contributed by atoms with Crippen molar-refractivity contribution in [2.24, 2.45) is 0 Å². The van der Waals surface area contributed by atoms with Crippen molar-refractivity contribution in [3.8, 4) is 5.75 Å². The van der Waals surface area contributed by atoms with Crippen molar-refractivity contribution in [1.82, 2.24) is 0 Å². The summed E-state index contributed by atoms with van der Waals surface area (Å²) in [6.45, 7) is 3.02. The third-order valence-corrected chi connectivity index (χ3v) is 9.22. The van der Waals surface area contributed by atoms with E-state index in [9.17, 15) is 4.79 Å². The first-order valence-corrected chi connectivity index (χ1v) is 12.4. The lowest BCUT2D eigenvalue weighted by Crippen LogP contribution is -2.39. The van der Waals surface area contributed by atoms with Gasteiger partial charge in [-0.25, -0.2) is 0 Å². The van der Waals surface area contributed by atoms with Gasteiger partial charge in [-0.3, -0.25) is 4.79 Å². The molecule has 0 heterocycles. The summed E-state index contributed by atoms with van der Waals surface area (Å²) in [7, 11) is -2.28. The number of para-hydroxylation sites is 1. The first kappa shape index (κ1) is 23.4. The van der Waals surface area contributed by atoms with Crippen LogP contribution in [0.25, 0.3) is 0 Å². The van der Waals surface area contributed by atoms with Crippen LogP contribution in [0.15, 0.2) is 115 Å². The van der Waals surface area contributed by atoms with E-state index < -0.39 is 7.26 Å². The Balaban J connectivity index is 0.000000913. The Kier molecular flexibility index (Phi) is 8.33. The summed E-state index contributed by atoms with van der Waals surface area (Å²) in [6, 6.07) is 39.5. The molecule has 0 amide bonds. The quantitative estimate of drug-likeness (QED) is 0.270. The van der Waals surface area contributed by atoms with Gasteiger partial charge in [-0.15, -0.1) is 6.61 Å². The Bertz CT molecular complexity index is 1020. The molecule has 0 fully saturated rings. The molecule has 0 atom stereocenters. The van der Waals surface area contributed by atoms with Crippen molar-refractivity contribution < 1.29 is 14.6 Å². The maximum atomic E-state index is 11.9. The highest BCUT2D eigenvalue weighted by molar-refractivity contribution is 8.01. The molecule has 162 valence electrons. The Morgan fingerprint density at radius 1 is 0.688 bits per heavy atom. The van der Waals surface area contributed by atoms with Gasteiger partial charge in [-0.1, -0.05) is 73.7 Å². The summed E-state index contributed by atoms with van der Waals surface area (Å²) in [5.41, 5.74) is 0. The molecule has 0 aromatic heterocycles. The van der Waals surface area contributed by atoms with Crippen molar-refractivity contribution in [1.29, 1.82) is 0 Å². The highest BCUT2D eigenvalue weighted by Crippen LogP contribution is 2.56. The van der Waals surface area contributed by atoms with Crippen LogP contribution in [0, 0.1) is 0 Å². The van der Waals surface area contributed by atoms with Crippen molar-refractivity contribution in [2.45, 2.75) is 13.8 Å². The van der Waals surface area contributed by atoms with Crippen molar-refractivity contribution in [3.05, 3.63) is 115 Å². The van der Waals surface area contributed by atoms with Crippen LogP contribution in [-0.4, -0.2) is 12.6 Å². The fraction of sp³-hybridized carbons (Fsp3) is 0.107. The molecule has 0 spiro atoms. The first-order valence-electron chi connectivity index (χ1n) is 10.6. The molecule has 4 aromatic carbocycles. The molecule has 0 saturated carbocycles. The van der Waals surface area contributed by atoms with Gasteiger partial charge in [-0.2, -0.15) is 0 Å². The fourth-order valence-corrected chi connectivity index (χ4v) is 8.14. The number of carbonyl (C=O) groups is 1. The molecular weight excluding hydrogens is 415 g/mol. The molecule has 32 heavy (non-hydrogen) atoms. The highest BCUT2D eigenvalue weighted by atomic mass is 31.2. The van der Waals surface area contributed by atoms with E-state index >= 15 is 0 Å². The van der Waals surface area contributed by atoms with Crippen LogP contribution in [0.2, 0.25) is 0 Å². The molecular formula is C28H27O3P. The van der Waals surface area contributed by atoms with Crippen LogP contribution in [0.1, 0.15) is 13.8 Å². The maximum Gasteiger partial charge on any atom is 0.308 e. The molecule has 4 aromatic rings. The maximum absolute atomic E-state index is 11.9. The molecule has 0 bridgehead atoms. The molecule has 0 N–H and O–H groups in total. The van der Waals surface area contributed by atoms with Crippen LogP contribution in [0.5, 0.6) is 5.75 Å². The third-order valence-electron chi connectivity index (χ3n) is 4.91. The molecule has 0 aliphatic heterocycles. The predicted octanol–water partition coefficient (Wildman–Crippen LogP) is 3.60. The Hall–Kier alpha value is -3.26. The smallest absolute Gasteiger partial charge is 0.308 e. The largest absolute Gasteiger partial charge is 0.855 e. The average molecular weight is 442 g/mol. The van der Waals surface area contributed by atoms with Gasteiger partial charge < -0.3 is 9.84 Å². The van der Waals surface area contributed by atoms with E-state index in [0.717, 1.165) is 5.30 Å². The van der Waals surface area contributed by atoms with Crippen LogP contribution < -0.4 is 31.1 Å². The lowest BCUT2D eigenvalue weighted by molar-refractivity contribution is -0.361. The Labute approximate surface area is 190 Å². The molecule has 3 nitrogen and oxygen atoms in total. The number of benzene rings is 4. The van der Waals surface area contributed by atoms with Crippen LogP contribution in [0.4, 0.5) is 0 Å². The summed E-state index contributed by atoms with van der Waals surface area (Å²) in [6.07, 6.45) is 0. The van der Waals surface area contributed by atoms with Crippen molar-refractivity contribution in [3.63, 3.8) is 0 Å². The van der Waals surface area contributed by atoms with Gasteiger partial charge >= 0.3 is 5.97 Å². The molecule has 0 aliphatic carbocycles. The van der Waals surface area contributed by atoms with Crippen LogP contribution in [0.3, 0.4) is 0 Å². The summed E-state index contributed by atoms with van der Waals surface area (Å²) in [4.78, 5) is 11.9. The number of hydrogen-bond acceptors (Lipinski definition) is 3. The SMILES string of the molecule is CC(=O)Oc1ccccc1[P+](c1ccccc1)(c1ccccc1)c1ccccc1.CC[O-]. The van der Waals surface area contributed by atoms with Crippen molar-refractivity contribution >= 4 is 34.4 Å². The van der Waals surface area contributed by atoms with E-state index in [-0.39, 0.29) is 12.6 Å².